The van der Waals surface area contributed by atoms with E-state index in [1.807, 2.05) is 6.92 Å². The van der Waals surface area contributed by atoms with Gasteiger partial charge in [0.2, 0.25) is 0 Å². The average molecular weight is 457 g/mol. The maximum atomic E-state index is 11.2. The first kappa shape index (κ1) is 33.0. The predicted molar refractivity (Wildman–Crippen MR) is 123 cm³/mol. The summed E-state index contributed by atoms with van der Waals surface area (Å²) in [5.74, 6) is 0. The van der Waals surface area contributed by atoms with Crippen LogP contribution in [0.3, 0.4) is 0 Å². The molecule has 0 spiro atoms. The molecule has 30 heavy (non-hydrogen) atoms. The Morgan fingerprint density at radius 3 is 1.33 bits per heavy atom. The number of aliphatic hydroxyl groups excluding tert-OH is 1. The van der Waals surface area contributed by atoms with Crippen LogP contribution in [0.5, 0.6) is 0 Å². The van der Waals surface area contributed by atoms with Crippen molar-refractivity contribution < 1.29 is 47.6 Å². The van der Waals surface area contributed by atoms with Gasteiger partial charge in [-0.25, -0.2) is 8.42 Å². The van der Waals surface area contributed by atoms with Crippen LogP contribution in [-0.4, -0.2) is 29.4 Å². The van der Waals surface area contributed by atoms with Gasteiger partial charge in [0.05, 0.1) is 16.2 Å². The molecule has 0 heterocycles. The molecule has 6 heteroatoms. The third kappa shape index (κ3) is 22.1. The fourth-order valence-corrected chi connectivity index (χ4v) is 5.03. The summed E-state index contributed by atoms with van der Waals surface area (Å²) in [5.41, 5.74) is 0. The van der Waals surface area contributed by atoms with Gasteiger partial charge in [-0.1, -0.05) is 117 Å². The summed E-state index contributed by atoms with van der Waals surface area (Å²) in [6, 6.07) is 0. The molecular formula is C24H49NaO4S. The van der Waals surface area contributed by atoms with Crippen LogP contribution in [0.2, 0.25) is 0 Å². The number of rotatable bonds is 22. The standard InChI is InChI=1S/C24H50O4S.Na/c1-3-5-6-16-20-23(25)21-17-14-12-10-8-7-9-11-13-15-18-22-24(19-4-2)29(26,27)28;/h23-25H,3-22H2,1-2H3,(H,26,27,28);/q;+1/p-1. The van der Waals surface area contributed by atoms with Crippen LogP contribution in [0.25, 0.3) is 0 Å². The van der Waals surface area contributed by atoms with Crippen molar-refractivity contribution in [3.05, 3.63) is 0 Å². The quantitative estimate of drug-likeness (QED) is 0.151. The van der Waals surface area contributed by atoms with Crippen LogP contribution >= 0.6 is 0 Å². The largest absolute Gasteiger partial charge is 1.00 e. The van der Waals surface area contributed by atoms with Crippen molar-refractivity contribution >= 4 is 10.1 Å². The second-order valence-corrected chi connectivity index (χ2v) is 10.5. The zero-order chi connectivity index (χ0) is 21.8. The average Bonchev–Trinajstić information content (AvgIpc) is 2.67. The molecule has 0 saturated carbocycles. The molecule has 0 aliphatic rings. The summed E-state index contributed by atoms with van der Waals surface area (Å²) in [5, 5.41) is 9.29. The second-order valence-electron chi connectivity index (χ2n) is 8.87. The molecule has 0 saturated heterocycles. The van der Waals surface area contributed by atoms with Crippen LogP contribution in [0.4, 0.5) is 0 Å². The van der Waals surface area contributed by atoms with Gasteiger partial charge < -0.3 is 9.66 Å². The van der Waals surface area contributed by atoms with Crippen LogP contribution in [0, 0.1) is 0 Å². The molecule has 2 atom stereocenters. The summed E-state index contributed by atoms with van der Waals surface area (Å²) in [6.45, 7) is 4.14. The van der Waals surface area contributed by atoms with Crippen molar-refractivity contribution in [2.75, 3.05) is 0 Å². The van der Waals surface area contributed by atoms with E-state index in [0.29, 0.717) is 12.8 Å². The van der Waals surface area contributed by atoms with Crippen LogP contribution in [0.1, 0.15) is 142 Å². The van der Waals surface area contributed by atoms with Crippen molar-refractivity contribution in [2.45, 2.75) is 154 Å². The third-order valence-electron chi connectivity index (χ3n) is 5.97. The maximum Gasteiger partial charge on any atom is 1.00 e. The Balaban J connectivity index is 0. The molecular weight excluding hydrogens is 407 g/mol. The molecule has 0 radical (unpaired) electrons. The molecule has 0 bridgehead atoms. The summed E-state index contributed by atoms with van der Waals surface area (Å²) in [6.07, 6.45) is 21.7. The van der Waals surface area contributed by atoms with Crippen molar-refractivity contribution in [3.8, 4) is 0 Å². The minimum absolute atomic E-state index is 0. The van der Waals surface area contributed by atoms with Crippen molar-refractivity contribution in [1.29, 1.82) is 0 Å². The van der Waals surface area contributed by atoms with Crippen molar-refractivity contribution in [1.82, 2.24) is 0 Å². The van der Waals surface area contributed by atoms with Gasteiger partial charge >= 0.3 is 29.6 Å². The molecule has 0 aromatic carbocycles. The first-order valence-corrected chi connectivity index (χ1v) is 14.0. The van der Waals surface area contributed by atoms with Gasteiger partial charge in [-0.15, -0.1) is 0 Å². The van der Waals surface area contributed by atoms with E-state index in [1.54, 1.807) is 0 Å². The van der Waals surface area contributed by atoms with Crippen molar-refractivity contribution in [2.24, 2.45) is 0 Å². The first-order chi connectivity index (χ1) is 13.9. The van der Waals surface area contributed by atoms with Gasteiger partial charge in [0.25, 0.3) is 0 Å². The fourth-order valence-electron chi connectivity index (χ4n) is 4.05. The Morgan fingerprint density at radius 2 is 0.967 bits per heavy atom. The minimum atomic E-state index is -4.12. The number of aliphatic hydroxyl groups is 1. The maximum absolute atomic E-state index is 11.2. The van der Waals surface area contributed by atoms with Gasteiger partial charge in [-0.05, 0) is 25.7 Å². The fraction of sp³-hybridized carbons (Fsp3) is 1.00. The minimum Gasteiger partial charge on any atom is -0.748 e. The molecule has 0 fully saturated rings. The van der Waals surface area contributed by atoms with Crippen LogP contribution < -0.4 is 29.6 Å². The Hall–Kier alpha value is 0.870. The van der Waals surface area contributed by atoms with E-state index in [0.717, 1.165) is 44.9 Å². The number of hydrogen-bond acceptors (Lipinski definition) is 4. The van der Waals surface area contributed by atoms with Gasteiger partial charge in [0.15, 0.2) is 0 Å². The molecule has 1 N–H and O–H groups in total. The van der Waals surface area contributed by atoms with Crippen molar-refractivity contribution in [3.63, 3.8) is 0 Å². The smallest absolute Gasteiger partial charge is 0.748 e. The van der Waals surface area contributed by atoms with E-state index in [2.05, 4.69) is 6.92 Å². The van der Waals surface area contributed by atoms with Gasteiger partial charge in [-0.3, -0.25) is 0 Å². The first-order valence-electron chi connectivity index (χ1n) is 12.5. The Morgan fingerprint density at radius 1 is 0.600 bits per heavy atom. The second kappa shape index (κ2) is 23.0. The Bertz CT molecular complexity index is 442. The third-order valence-corrected chi connectivity index (χ3v) is 7.26. The summed E-state index contributed by atoms with van der Waals surface area (Å²) >= 11 is 0. The van der Waals surface area contributed by atoms with E-state index in [4.69, 9.17) is 0 Å². The van der Waals surface area contributed by atoms with Gasteiger partial charge in [-0.2, -0.15) is 0 Å². The van der Waals surface area contributed by atoms with Gasteiger partial charge in [0.1, 0.15) is 0 Å². The molecule has 0 rings (SSSR count). The molecule has 0 aromatic rings. The van der Waals surface area contributed by atoms with E-state index in [-0.39, 0.29) is 35.7 Å². The Labute approximate surface area is 210 Å². The topological polar surface area (TPSA) is 77.4 Å². The SMILES string of the molecule is CCCCCCC(O)CCCCCCCCCCCCCC(CCC)S(=O)(=O)[O-].[Na+]. The van der Waals surface area contributed by atoms with Crippen LogP contribution in [0.15, 0.2) is 0 Å². The zero-order valence-electron chi connectivity index (χ0n) is 20.4. The van der Waals surface area contributed by atoms with Crippen LogP contribution in [-0.2, 0) is 10.1 Å². The van der Waals surface area contributed by atoms with E-state index >= 15 is 0 Å². The van der Waals surface area contributed by atoms with Gasteiger partial charge in [0, 0.05) is 5.25 Å². The van der Waals surface area contributed by atoms with E-state index < -0.39 is 15.4 Å². The summed E-state index contributed by atoms with van der Waals surface area (Å²) in [4.78, 5) is 0. The van der Waals surface area contributed by atoms with E-state index in [1.165, 1.54) is 70.6 Å². The molecule has 0 aliphatic carbocycles. The molecule has 176 valence electrons. The molecule has 0 amide bonds. The molecule has 4 nitrogen and oxygen atoms in total. The molecule has 0 aromatic heterocycles. The number of hydrogen-bond donors (Lipinski definition) is 1. The monoisotopic (exact) mass is 456 g/mol. The normalized spacial score (nSPS) is 13.7. The number of unbranched alkanes of at least 4 members (excludes halogenated alkanes) is 13. The summed E-state index contributed by atoms with van der Waals surface area (Å²) in [7, 11) is -4.12. The summed E-state index contributed by atoms with van der Waals surface area (Å²) < 4.78 is 33.5. The zero-order valence-corrected chi connectivity index (χ0v) is 23.2. The molecule has 0 aliphatic heterocycles. The predicted octanol–water partition coefficient (Wildman–Crippen LogP) is 4.11. The Kier molecular flexibility index (Phi) is 25.4. The van der Waals surface area contributed by atoms with E-state index in [9.17, 15) is 18.1 Å². The molecule has 2 unspecified atom stereocenters.